The van der Waals surface area contributed by atoms with Gasteiger partial charge in [0.2, 0.25) is 0 Å². The van der Waals surface area contributed by atoms with Crippen molar-refractivity contribution in [3.8, 4) is 0 Å². The molecule has 80 valence electrons. The highest BCUT2D eigenvalue weighted by atomic mass is 16.5. The maximum absolute atomic E-state index is 11.1. The van der Waals surface area contributed by atoms with Gasteiger partial charge >= 0.3 is 5.97 Å². The second kappa shape index (κ2) is 5.20. The summed E-state index contributed by atoms with van der Waals surface area (Å²) < 4.78 is 4.77. The molecule has 0 saturated carbocycles. The van der Waals surface area contributed by atoms with Crippen molar-refractivity contribution in [2.45, 2.75) is 13.8 Å². The highest BCUT2D eigenvalue weighted by Gasteiger charge is 1.99. The zero-order valence-electron chi connectivity index (χ0n) is 8.99. The molecule has 0 bridgehead atoms. The van der Waals surface area contributed by atoms with Crippen LogP contribution in [0.25, 0.3) is 6.08 Å². The molecule has 0 radical (unpaired) electrons. The van der Waals surface area contributed by atoms with Gasteiger partial charge < -0.3 is 10.5 Å². The number of esters is 1. The van der Waals surface area contributed by atoms with Crippen molar-refractivity contribution in [3.63, 3.8) is 0 Å². The summed E-state index contributed by atoms with van der Waals surface area (Å²) in [5, 5.41) is 0. The van der Waals surface area contributed by atoms with Gasteiger partial charge in [-0.1, -0.05) is 18.2 Å². The molecule has 3 heteroatoms. The number of para-hydroxylation sites is 1. The minimum atomic E-state index is -0.349. The van der Waals surface area contributed by atoms with Gasteiger partial charge in [0.15, 0.2) is 0 Å². The molecule has 0 amide bonds. The lowest BCUT2D eigenvalue weighted by Gasteiger charge is -2.03. The molecule has 0 fully saturated rings. The number of hydrogen-bond donors (Lipinski definition) is 1. The van der Waals surface area contributed by atoms with Gasteiger partial charge in [-0.05, 0) is 31.1 Å². The van der Waals surface area contributed by atoms with Crippen LogP contribution in [0.4, 0.5) is 5.69 Å². The number of hydrogen-bond acceptors (Lipinski definition) is 3. The van der Waals surface area contributed by atoms with Gasteiger partial charge in [0.1, 0.15) is 0 Å². The van der Waals surface area contributed by atoms with E-state index in [2.05, 4.69) is 0 Å². The predicted octanol–water partition coefficient (Wildman–Crippen LogP) is 2.15. The average molecular weight is 205 g/mol. The molecule has 0 unspecified atom stereocenters. The van der Waals surface area contributed by atoms with Gasteiger partial charge in [-0.2, -0.15) is 0 Å². The largest absolute Gasteiger partial charge is 0.463 e. The Kier molecular flexibility index (Phi) is 3.92. The molecule has 1 aromatic carbocycles. The van der Waals surface area contributed by atoms with E-state index in [9.17, 15) is 4.79 Å². The molecule has 1 aromatic rings. The Morgan fingerprint density at radius 2 is 2.27 bits per heavy atom. The molecular formula is C12H15NO2. The number of carbonyl (C=O) groups is 1. The van der Waals surface area contributed by atoms with Crippen LogP contribution < -0.4 is 5.73 Å². The molecule has 0 aliphatic rings. The standard InChI is InChI=1S/C12H15NO2/c1-3-15-11(14)8-7-10-6-4-5-9(2)12(10)13/h4-8H,3,13H2,1-2H3. The first kappa shape index (κ1) is 11.3. The van der Waals surface area contributed by atoms with E-state index < -0.39 is 0 Å². The van der Waals surface area contributed by atoms with Crippen LogP contribution >= 0.6 is 0 Å². The van der Waals surface area contributed by atoms with Gasteiger partial charge in [0.05, 0.1) is 6.61 Å². The van der Waals surface area contributed by atoms with Crippen LogP contribution in [0.15, 0.2) is 24.3 Å². The van der Waals surface area contributed by atoms with Crippen LogP contribution in [0.1, 0.15) is 18.1 Å². The molecule has 0 saturated heterocycles. The van der Waals surface area contributed by atoms with E-state index in [4.69, 9.17) is 10.5 Å². The van der Waals surface area contributed by atoms with E-state index >= 15 is 0 Å². The second-order valence-electron chi connectivity index (χ2n) is 3.16. The van der Waals surface area contributed by atoms with Gasteiger partial charge in [-0.25, -0.2) is 4.79 Å². The Labute approximate surface area is 89.5 Å². The van der Waals surface area contributed by atoms with Gasteiger partial charge in [0, 0.05) is 11.8 Å². The molecule has 3 nitrogen and oxygen atoms in total. The third kappa shape index (κ3) is 3.13. The summed E-state index contributed by atoms with van der Waals surface area (Å²) >= 11 is 0. The van der Waals surface area contributed by atoms with Crippen molar-refractivity contribution in [2.75, 3.05) is 12.3 Å². The number of aryl methyl sites for hydroxylation is 1. The first-order valence-electron chi connectivity index (χ1n) is 4.85. The molecule has 0 aromatic heterocycles. The Hall–Kier alpha value is -1.77. The summed E-state index contributed by atoms with van der Waals surface area (Å²) in [4.78, 5) is 11.1. The van der Waals surface area contributed by atoms with Gasteiger partial charge in [-0.15, -0.1) is 0 Å². The summed E-state index contributed by atoms with van der Waals surface area (Å²) in [5.74, 6) is -0.349. The van der Waals surface area contributed by atoms with E-state index in [0.717, 1.165) is 11.1 Å². The highest BCUT2D eigenvalue weighted by molar-refractivity contribution is 5.88. The number of ether oxygens (including phenoxy) is 1. The van der Waals surface area contributed by atoms with Crippen molar-refractivity contribution in [3.05, 3.63) is 35.4 Å². The molecular weight excluding hydrogens is 190 g/mol. The summed E-state index contributed by atoms with van der Waals surface area (Å²) in [6, 6.07) is 5.69. The fourth-order valence-corrected chi connectivity index (χ4v) is 1.20. The van der Waals surface area contributed by atoms with Crippen LogP contribution in [0, 0.1) is 6.92 Å². The smallest absolute Gasteiger partial charge is 0.330 e. The Balaban J connectivity index is 2.81. The lowest BCUT2D eigenvalue weighted by molar-refractivity contribution is -0.137. The third-order valence-corrected chi connectivity index (χ3v) is 2.04. The fraction of sp³-hybridized carbons (Fsp3) is 0.250. The SMILES string of the molecule is CCOC(=O)C=Cc1cccc(C)c1N. The molecule has 1 rings (SSSR count). The maximum Gasteiger partial charge on any atom is 0.330 e. The Morgan fingerprint density at radius 1 is 1.53 bits per heavy atom. The van der Waals surface area contributed by atoms with Crippen LogP contribution in [-0.4, -0.2) is 12.6 Å². The molecule has 0 aliphatic heterocycles. The van der Waals surface area contributed by atoms with E-state index in [1.807, 2.05) is 25.1 Å². The van der Waals surface area contributed by atoms with Crippen molar-refractivity contribution in [1.29, 1.82) is 0 Å². The maximum atomic E-state index is 11.1. The van der Waals surface area contributed by atoms with E-state index in [-0.39, 0.29) is 5.97 Å². The minimum Gasteiger partial charge on any atom is -0.463 e. The minimum absolute atomic E-state index is 0.349. The van der Waals surface area contributed by atoms with Gasteiger partial charge in [-0.3, -0.25) is 0 Å². The van der Waals surface area contributed by atoms with E-state index in [1.165, 1.54) is 6.08 Å². The summed E-state index contributed by atoms with van der Waals surface area (Å²) in [6.45, 7) is 4.08. The number of nitrogen functional groups attached to an aromatic ring is 1. The number of nitrogens with two attached hydrogens (primary N) is 1. The molecule has 0 heterocycles. The third-order valence-electron chi connectivity index (χ3n) is 2.04. The lowest BCUT2D eigenvalue weighted by atomic mass is 10.1. The Bertz CT molecular complexity index is 383. The second-order valence-corrected chi connectivity index (χ2v) is 3.16. The highest BCUT2D eigenvalue weighted by Crippen LogP contribution is 2.17. The van der Waals surface area contributed by atoms with E-state index in [1.54, 1.807) is 13.0 Å². The number of carbonyl (C=O) groups excluding carboxylic acids is 1. The molecule has 0 atom stereocenters. The lowest BCUT2D eigenvalue weighted by Crippen LogP contribution is -1.99. The normalized spacial score (nSPS) is 10.5. The number of rotatable bonds is 3. The number of anilines is 1. The zero-order valence-corrected chi connectivity index (χ0v) is 8.99. The summed E-state index contributed by atoms with van der Waals surface area (Å²) in [7, 11) is 0. The first-order valence-corrected chi connectivity index (χ1v) is 4.85. The predicted molar refractivity (Wildman–Crippen MR) is 61.3 cm³/mol. The molecule has 0 aliphatic carbocycles. The quantitative estimate of drug-likeness (QED) is 0.467. The van der Waals surface area contributed by atoms with Crippen molar-refractivity contribution in [1.82, 2.24) is 0 Å². The van der Waals surface area contributed by atoms with Crippen molar-refractivity contribution >= 4 is 17.7 Å². The average Bonchev–Trinajstić information content (AvgIpc) is 2.21. The number of benzene rings is 1. The molecule has 0 spiro atoms. The monoisotopic (exact) mass is 205 g/mol. The summed E-state index contributed by atoms with van der Waals surface area (Å²) in [5.41, 5.74) is 8.37. The first-order chi connectivity index (χ1) is 7.15. The molecule has 15 heavy (non-hydrogen) atoms. The van der Waals surface area contributed by atoms with Crippen LogP contribution in [0.3, 0.4) is 0 Å². The summed E-state index contributed by atoms with van der Waals surface area (Å²) in [6.07, 6.45) is 3.05. The topological polar surface area (TPSA) is 52.3 Å². The van der Waals surface area contributed by atoms with Crippen LogP contribution in [0.2, 0.25) is 0 Å². The van der Waals surface area contributed by atoms with Crippen molar-refractivity contribution < 1.29 is 9.53 Å². The fourth-order valence-electron chi connectivity index (χ4n) is 1.20. The zero-order chi connectivity index (χ0) is 11.3. The van der Waals surface area contributed by atoms with Crippen LogP contribution in [-0.2, 0) is 9.53 Å². The van der Waals surface area contributed by atoms with Crippen molar-refractivity contribution in [2.24, 2.45) is 0 Å². The Morgan fingerprint density at radius 3 is 2.93 bits per heavy atom. The molecule has 2 N–H and O–H groups in total. The van der Waals surface area contributed by atoms with E-state index in [0.29, 0.717) is 12.3 Å². The van der Waals surface area contributed by atoms with Crippen LogP contribution in [0.5, 0.6) is 0 Å². The van der Waals surface area contributed by atoms with Gasteiger partial charge in [0.25, 0.3) is 0 Å².